The highest BCUT2D eigenvalue weighted by Gasteiger charge is 2.42. The molecule has 1 aliphatic rings. The Hall–Kier alpha value is -4.04. The number of aromatic nitrogens is 2. The van der Waals surface area contributed by atoms with E-state index in [0.717, 1.165) is 11.1 Å². The Bertz CT molecular complexity index is 1380. The van der Waals surface area contributed by atoms with E-state index in [1.165, 1.54) is 26.4 Å². The number of hydrogen-bond acceptors (Lipinski definition) is 5. The molecule has 1 aromatic heterocycles. The Morgan fingerprint density at radius 1 is 1.06 bits per heavy atom. The third kappa shape index (κ3) is 3.95. The Morgan fingerprint density at radius 2 is 1.69 bits per heavy atom. The van der Waals surface area contributed by atoms with Crippen LogP contribution in [0.1, 0.15) is 33.2 Å². The molecule has 178 valence electrons. The van der Waals surface area contributed by atoms with Gasteiger partial charge in [-0.1, -0.05) is 35.9 Å². The smallest absolute Gasteiger partial charge is 0.273 e. The maximum absolute atomic E-state index is 13.6. The minimum atomic E-state index is -0.588. The molecule has 1 unspecified atom stereocenters. The number of hydrogen-bond donors (Lipinski definition) is 2. The lowest BCUT2D eigenvalue weighted by Gasteiger charge is -2.27. The van der Waals surface area contributed by atoms with E-state index < -0.39 is 6.04 Å². The fourth-order valence-electron chi connectivity index (χ4n) is 4.39. The molecule has 0 aliphatic carbocycles. The van der Waals surface area contributed by atoms with Crippen LogP contribution < -0.4 is 9.47 Å². The molecule has 5 rings (SSSR count). The predicted octanol–water partition coefficient (Wildman–Crippen LogP) is 5.34. The highest BCUT2D eigenvalue weighted by Crippen LogP contribution is 2.47. The van der Waals surface area contributed by atoms with Crippen LogP contribution in [0.2, 0.25) is 5.02 Å². The third-order valence-corrected chi connectivity index (χ3v) is 6.32. The minimum absolute atomic E-state index is 0.140. The lowest BCUT2D eigenvalue weighted by Crippen LogP contribution is -2.29. The van der Waals surface area contributed by atoms with Crippen LogP contribution in [0, 0.1) is 5.82 Å². The van der Waals surface area contributed by atoms with E-state index in [2.05, 4.69) is 10.2 Å². The number of fused-ring (bicyclic) bond motifs is 1. The number of halogens is 2. The lowest BCUT2D eigenvalue weighted by atomic mass is 9.95. The van der Waals surface area contributed by atoms with Crippen molar-refractivity contribution in [1.29, 1.82) is 0 Å². The molecule has 7 nitrogen and oxygen atoms in total. The molecular weight excluding hydrogens is 473 g/mol. The number of carbonyl (C=O) groups is 1. The summed E-state index contributed by atoms with van der Waals surface area (Å²) in [5.41, 5.74) is 3.83. The molecule has 1 aliphatic heterocycles. The van der Waals surface area contributed by atoms with Crippen LogP contribution in [0.4, 0.5) is 4.39 Å². The standard InChI is InChI=1S/C26H21ClFN3O4/c1-34-19-11-16(12-20(35-2)25(19)32)24-21-22(15-5-7-17(27)8-6-15)29-30-23(21)26(33)31(24)13-14-3-9-18(28)10-4-14/h3-12,24,32H,13H2,1-2H3,(H,29,30). The lowest BCUT2D eigenvalue weighted by molar-refractivity contribution is 0.0729. The minimum Gasteiger partial charge on any atom is -0.502 e. The molecule has 9 heteroatoms. The summed E-state index contributed by atoms with van der Waals surface area (Å²) in [5.74, 6) is -0.339. The number of aromatic amines is 1. The number of benzene rings is 3. The number of aromatic hydroxyl groups is 1. The van der Waals surface area contributed by atoms with Crippen LogP contribution in [0.15, 0.2) is 60.7 Å². The Balaban J connectivity index is 1.69. The van der Waals surface area contributed by atoms with E-state index in [9.17, 15) is 14.3 Å². The zero-order chi connectivity index (χ0) is 24.7. The van der Waals surface area contributed by atoms with Gasteiger partial charge in [0, 0.05) is 22.7 Å². The van der Waals surface area contributed by atoms with E-state index in [1.807, 2.05) is 12.1 Å². The summed E-state index contributed by atoms with van der Waals surface area (Å²) in [6.45, 7) is 0.220. The number of nitrogens with one attached hydrogen (secondary N) is 1. The second-order valence-electron chi connectivity index (χ2n) is 8.10. The van der Waals surface area contributed by atoms with Crippen LogP contribution in [-0.4, -0.2) is 40.3 Å². The maximum atomic E-state index is 13.6. The molecule has 0 saturated carbocycles. The summed E-state index contributed by atoms with van der Waals surface area (Å²) >= 11 is 6.08. The molecule has 0 fully saturated rings. The van der Waals surface area contributed by atoms with Crippen LogP contribution >= 0.6 is 11.6 Å². The van der Waals surface area contributed by atoms with E-state index >= 15 is 0 Å². The van der Waals surface area contributed by atoms with E-state index in [1.54, 1.807) is 41.3 Å². The van der Waals surface area contributed by atoms with Gasteiger partial charge < -0.3 is 19.5 Å². The summed E-state index contributed by atoms with van der Waals surface area (Å²) in [7, 11) is 2.88. The predicted molar refractivity (Wildman–Crippen MR) is 128 cm³/mol. The second kappa shape index (κ2) is 8.96. The maximum Gasteiger partial charge on any atom is 0.273 e. The number of phenolic OH excluding ortho intramolecular Hbond substituents is 1. The number of H-pyrrole nitrogens is 1. The first-order valence-corrected chi connectivity index (χ1v) is 11.1. The van der Waals surface area contributed by atoms with Crippen molar-refractivity contribution >= 4 is 17.5 Å². The van der Waals surface area contributed by atoms with Gasteiger partial charge >= 0.3 is 0 Å². The van der Waals surface area contributed by atoms with Gasteiger partial charge in [-0.3, -0.25) is 9.89 Å². The quantitative estimate of drug-likeness (QED) is 0.378. The molecule has 4 aromatic rings. The van der Waals surface area contributed by atoms with Gasteiger partial charge in [-0.25, -0.2) is 4.39 Å². The molecule has 35 heavy (non-hydrogen) atoms. The van der Waals surface area contributed by atoms with Crippen LogP contribution in [-0.2, 0) is 6.54 Å². The zero-order valence-corrected chi connectivity index (χ0v) is 19.6. The SMILES string of the molecule is COc1cc(C2c3c(-c4ccc(Cl)cc4)n[nH]c3C(=O)N2Cc2ccc(F)cc2)cc(OC)c1O. The number of amides is 1. The highest BCUT2D eigenvalue weighted by molar-refractivity contribution is 6.30. The summed E-state index contributed by atoms with van der Waals surface area (Å²) in [4.78, 5) is 15.2. The van der Waals surface area contributed by atoms with Crippen molar-refractivity contribution < 1.29 is 23.8 Å². The van der Waals surface area contributed by atoms with Crippen LogP contribution in [0.25, 0.3) is 11.3 Å². The molecule has 2 heterocycles. The first kappa shape index (κ1) is 22.7. The first-order valence-electron chi connectivity index (χ1n) is 10.8. The molecule has 0 bridgehead atoms. The van der Waals surface area contributed by atoms with Crippen LogP contribution in [0.5, 0.6) is 17.2 Å². The molecular formula is C26H21ClFN3O4. The van der Waals surface area contributed by atoms with Crippen molar-refractivity contribution in [1.82, 2.24) is 15.1 Å². The van der Waals surface area contributed by atoms with E-state index in [-0.39, 0.29) is 35.5 Å². The normalized spacial score (nSPS) is 14.8. The number of phenols is 1. The van der Waals surface area contributed by atoms with Gasteiger partial charge in [0.25, 0.3) is 5.91 Å². The third-order valence-electron chi connectivity index (χ3n) is 6.07. The summed E-state index contributed by atoms with van der Waals surface area (Å²) < 4.78 is 24.2. The highest BCUT2D eigenvalue weighted by atomic mass is 35.5. The van der Waals surface area contributed by atoms with Gasteiger partial charge in [0.15, 0.2) is 11.5 Å². The number of ether oxygens (including phenoxy) is 2. The summed E-state index contributed by atoms with van der Waals surface area (Å²) in [6, 6.07) is 15.9. The summed E-state index contributed by atoms with van der Waals surface area (Å²) in [5, 5.41) is 18.4. The number of methoxy groups -OCH3 is 2. The van der Waals surface area contributed by atoms with Gasteiger partial charge in [0.05, 0.1) is 26.0 Å². The van der Waals surface area contributed by atoms with Crippen molar-refractivity contribution in [3.63, 3.8) is 0 Å². The van der Waals surface area contributed by atoms with Gasteiger partial charge in [0.2, 0.25) is 5.75 Å². The van der Waals surface area contributed by atoms with Crippen molar-refractivity contribution in [2.24, 2.45) is 0 Å². The fourth-order valence-corrected chi connectivity index (χ4v) is 4.52. The zero-order valence-electron chi connectivity index (χ0n) is 18.9. The number of nitrogens with zero attached hydrogens (tertiary/aromatic N) is 2. The largest absolute Gasteiger partial charge is 0.502 e. The molecule has 0 saturated heterocycles. The topological polar surface area (TPSA) is 87.7 Å². The Labute approximate surface area is 205 Å². The number of rotatable bonds is 6. The van der Waals surface area contributed by atoms with Crippen molar-refractivity contribution in [2.45, 2.75) is 12.6 Å². The first-order chi connectivity index (χ1) is 16.9. The molecule has 0 spiro atoms. The van der Waals surface area contributed by atoms with Crippen molar-refractivity contribution in [2.75, 3.05) is 14.2 Å². The fraction of sp³-hybridized carbons (Fsp3) is 0.154. The average molecular weight is 494 g/mol. The van der Waals surface area contributed by atoms with Gasteiger partial charge in [0.1, 0.15) is 11.5 Å². The van der Waals surface area contributed by atoms with Crippen molar-refractivity contribution in [3.8, 4) is 28.5 Å². The molecule has 1 atom stereocenters. The molecule has 3 aromatic carbocycles. The summed E-state index contributed by atoms with van der Waals surface area (Å²) in [6.07, 6.45) is 0. The van der Waals surface area contributed by atoms with Crippen LogP contribution in [0.3, 0.4) is 0 Å². The van der Waals surface area contributed by atoms with E-state index in [4.69, 9.17) is 21.1 Å². The van der Waals surface area contributed by atoms with Gasteiger partial charge in [-0.2, -0.15) is 5.10 Å². The monoisotopic (exact) mass is 493 g/mol. The average Bonchev–Trinajstić information content (AvgIpc) is 3.40. The Kier molecular flexibility index (Phi) is 5.82. The Morgan fingerprint density at radius 3 is 2.29 bits per heavy atom. The molecule has 0 radical (unpaired) electrons. The molecule has 2 N–H and O–H groups in total. The molecule has 1 amide bonds. The number of carbonyl (C=O) groups excluding carboxylic acids is 1. The van der Waals surface area contributed by atoms with E-state index in [0.29, 0.717) is 27.5 Å². The van der Waals surface area contributed by atoms with Crippen molar-refractivity contribution in [3.05, 3.63) is 93.9 Å². The second-order valence-corrected chi connectivity index (χ2v) is 8.54. The van der Waals surface area contributed by atoms with Gasteiger partial charge in [-0.05, 0) is 47.5 Å². The van der Waals surface area contributed by atoms with Gasteiger partial charge in [-0.15, -0.1) is 0 Å².